The van der Waals surface area contributed by atoms with Crippen molar-refractivity contribution in [2.75, 3.05) is 0 Å². The second kappa shape index (κ2) is 3.73. The predicted molar refractivity (Wildman–Crippen MR) is 49.5 cm³/mol. The molecule has 0 spiro atoms. The highest BCUT2D eigenvalue weighted by atomic mass is 19.1. The van der Waals surface area contributed by atoms with Gasteiger partial charge in [-0.1, -0.05) is 0 Å². The van der Waals surface area contributed by atoms with Crippen LogP contribution in [0.1, 0.15) is 0 Å². The fourth-order valence-electron chi connectivity index (χ4n) is 1.32. The third-order valence-electron chi connectivity index (χ3n) is 1.95. The molecule has 2 rings (SSSR count). The molecule has 0 unspecified atom stereocenters. The van der Waals surface area contributed by atoms with Crippen LogP contribution in [0.25, 0.3) is 11.1 Å². The van der Waals surface area contributed by atoms with E-state index >= 15 is 0 Å². The van der Waals surface area contributed by atoms with Crippen LogP contribution in [0.4, 0.5) is 13.2 Å². The van der Waals surface area contributed by atoms with Gasteiger partial charge in [-0.2, -0.15) is 0 Å². The summed E-state index contributed by atoms with van der Waals surface area (Å²) in [5, 5.41) is 0. The van der Waals surface area contributed by atoms with Crippen LogP contribution in [0, 0.1) is 17.5 Å². The maximum absolute atomic E-state index is 13.2. The van der Waals surface area contributed by atoms with E-state index in [-0.39, 0.29) is 11.1 Å². The molecular formula is C11H6F3N. The molecule has 1 aromatic heterocycles. The first-order valence-corrected chi connectivity index (χ1v) is 4.23. The second-order valence-corrected chi connectivity index (χ2v) is 3.01. The third kappa shape index (κ3) is 1.98. The lowest BCUT2D eigenvalue weighted by molar-refractivity contribution is 0.583. The van der Waals surface area contributed by atoms with Crippen molar-refractivity contribution in [1.82, 2.24) is 4.98 Å². The Hall–Kier alpha value is -1.84. The van der Waals surface area contributed by atoms with Crippen molar-refractivity contribution in [2.45, 2.75) is 0 Å². The zero-order valence-corrected chi connectivity index (χ0v) is 7.55. The first kappa shape index (κ1) is 9.71. The van der Waals surface area contributed by atoms with Crippen LogP contribution in [0.3, 0.4) is 0 Å². The lowest BCUT2D eigenvalue weighted by Crippen LogP contribution is -1.88. The van der Waals surface area contributed by atoms with E-state index in [1.54, 1.807) is 0 Å². The molecule has 0 aliphatic rings. The maximum atomic E-state index is 13.2. The van der Waals surface area contributed by atoms with Gasteiger partial charge in [0.1, 0.15) is 17.5 Å². The number of aromatic nitrogens is 1. The summed E-state index contributed by atoms with van der Waals surface area (Å²) < 4.78 is 39.0. The van der Waals surface area contributed by atoms with Crippen molar-refractivity contribution in [1.29, 1.82) is 0 Å². The molecule has 0 N–H and O–H groups in total. The summed E-state index contributed by atoms with van der Waals surface area (Å²) in [7, 11) is 0. The standard InChI is InChI=1S/C11H6F3N/c12-8-3-7(4-9(13)5-8)10-1-2-15-6-11(10)14/h1-6H. The number of halogens is 3. The molecule has 76 valence electrons. The Balaban J connectivity index is 2.59. The van der Waals surface area contributed by atoms with E-state index in [9.17, 15) is 13.2 Å². The summed E-state index contributed by atoms with van der Waals surface area (Å²) in [6.07, 6.45) is 2.36. The second-order valence-electron chi connectivity index (χ2n) is 3.01. The van der Waals surface area contributed by atoms with Gasteiger partial charge in [-0.3, -0.25) is 4.98 Å². The van der Waals surface area contributed by atoms with Crippen LogP contribution >= 0.6 is 0 Å². The fourth-order valence-corrected chi connectivity index (χ4v) is 1.32. The van der Waals surface area contributed by atoms with E-state index in [4.69, 9.17) is 0 Å². The molecule has 0 aliphatic carbocycles. The van der Waals surface area contributed by atoms with Gasteiger partial charge in [-0.05, 0) is 23.8 Å². The Morgan fingerprint density at radius 2 is 1.60 bits per heavy atom. The Morgan fingerprint density at radius 3 is 2.20 bits per heavy atom. The molecule has 0 fully saturated rings. The molecule has 1 heterocycles. The first-order valence-electron chi connectivity index (χ1n) is 4.23. The van der Waals surface area contributed by atoms with Crippen LogP contribution in [0.2, 0.25) is 0 Å². The Kier molecular flexibility index (Phi) is 2.41. The molecule has 4 heteroatoms. The van der Waals surface area contributed by atoms with Crippen LogP contribution in [-0.2, 0) is 0 Å². The molecule has 1 nitrogen and oxygen atoms in total. The van der Waals surface area contributed by atoms with Gasteiger partial charge in [0, 0.05) is 17.8 Å². The summed E-state index contributed by atoms with van der Waals surface area (Å²) in [6, 6.07) is 4.25. The van der Waals surface area contributed by atoms with Crippen molar-refractivity contribution in [3.05, 3.63) is 54.1 Å². The molecule has 0 radical (unpaired) electrons. The van der Waals surface area contributed by atoms with Gasteiger partial charge in [0.25, 0.3) is 0 Å². The summed E-state index contributed by atoms with van der Waals surface area (Å²) in [5.74, 6) is -2.08. The van der Waals surface area contributed by atoms with Crippen LogP contribution in [0.15, 0.2) is 36.7 Å². The van der Waals surface area contributed by atoms with E-state index in [1.807, 2.05) is 0 Å². The molecule has 2 aromatic rings. The van der Waals surface area contributed by atoms with Gasteiger partial charge < -0.3 is 0 Å². The highest BCUT2D eigenvalue weighted by molar-refractivity contribution is 5.63. The van der Waals surface area contributed by atoms with E-state index in [1.165, 1.54) is 12.3 Å². The minimum absolute atomic E-state index is 0.128. The summed E-state index contributed by atoms with van der Waals surface area (Å²) in [6.45, 7) is 0. The van der Waals surface area contributed by atoms with Crippen LogP contribution in [-0.4, -0.2) is 4.98 Å². The van der Waals surface area contributed by atoms with Gasteiger partial charge in [-0.25, -0.2) is 13.2 Å². The van der Waals surface area contributed by atoms with Gasteiger partial charge in [0.15, 0.2) is 0 Å². The summed E-state index contributed by atoms with van der Waals surface area (Å²) in [4.78, 5) is 3.55. The lowest BCUT2D eigenvalue weighted by atomic mass is 10.1. The van der Waals surface area contributed by atoms with Crippen molar-refractivity contribution >= 4 is 0 Å². The van der Waals surface area contributed by atoms with Crippen LogP contribution in [0.5, 0.6) is 0 Å². The Labute approximate surface area is 84.2 Å². The molecule has 0 bridgehead atoms. The highest BCUT2D eigenvalue weighted by Gasteiger charge is 2.07. The third-order valence-corrected chi connectivity index (χ3v) is 1.95. The van der Waals surface area contributed by atoms with Gasteiger partial charge >= 0.3 is 0 Å². The quantitative estimate of drug-likeness (QED) is 0.702. The normalized spacial score (nSPS) is 10.3. The van der Waals surface area contributed by atoms with E-state index in [0.717, 1.165) is 24.4 Å². The Bertz CT molecular complexity index is 477. The van der Waals surface area contributed by atoms with E-state index < -0.39 is 17.5 Å². The Morgan fingerprint density at radius 1 is 0.933 bits per heavy atom. The number of benzene rings is 1. The minimum atomic E-state index is -0.735. The largest absolute Gasteiger partial charge is 0.262 e. The molecule has 0 amide bonds. The van der Waals surface area contributed by atoms with Gasteiger partial charge in [0.05, 0.1) is 6.20 Å². The fraction of sp³-hybridized carbons (Fsp3) is 0. The number of rotatable bonds is 1. The van der Waals surface area contributed by atoms with Crippen molar-refractivity contribution in [3.8, 4) is 11.1 Å². The van der Waals surface area contributed by atoms with E-state index in [2.05, 4.69) is 4.98 Å². The molecule has 0 atom stereocenters. The molecule has 0 aliphatic heterocycles. The molecular weight excluding hydrogens is 203 g/mol. The van der Waals surface area contributed by atoms with Crippen molar-refractivity contribution in [2.24, 2.45) is 0 Å². The molecule has 0 saturated heterocycles. The van der Waals surface area contributed by atoms with E-state index in [0.29, 0.717) is 0 Å². The number of hydrogen-bond donors (Lipinski definition) is 0. The average Bonchev–Trinajstić information content (AvgIpc) is 2.16. The molecule has 0 saturated carbocycles. The number of nitrogens with zero attached hydrogens (tertiary/aromatic N) is 1. The minimum Gasteiger partial charge on any atom is -0.262 e. The molecule has 15 heavy (non-hydrogen) atoms. The summed E-state index contributed by atoms with van der Waals surface area (Å²) in [5.41, 5.74) is 0.288. The predicted octanol–water partition coefficient (Wildman–Crippen LogP) is 3.17. The summed E-state index contributed by atoms with van der Waals surface area (Å²) >= 11 is 0. The SMILES string of the molecule is Fc1cc(F)cc(-c2ccncc2F)c1. The number of pyridine rings is 1. The first-order chi connectivity index (χ1) is 7.16. The lowest BCUT2D eigenvalue weighted by Gasteiger charge is -2.02. The van der Waals surface area contributed by atoms with Crippen molar-refractivity contribution < 1.29 is 13.2 Å². The van der Waals surface area contributed by atoms with Crippen molar-refractivity contribution in [3.63, 3.8) is 0 Å². The zero-order valence-electron chi connectivity index (χ0n) is 7.55. The van der Waals surface area contributed by atoms with Crippen LogP contribution < -0.4 is 0 Å². The smallest absolute Gasteiger partial charge is 0.149 e. The number of hydrogen-bond acceptors (Lipinski definition) is 1. The highest BCUT2D eigenvalue weighted by Crippen LogP contribution is 2.23. The zero-order chi connectivity index (χ0) is 10.8. The van der Waals surface area contributed by atoms with Gasteiger partial charge in [-0.15, -0.1) is 0 Å². The van der Waals surface area contributed by atoms with Gasteiger partial charge in [0.2, 0.25) is 0 Å². The average molecular weight is 209 g/mol. The molecule has 1 aromatic carbocycles. The topological polar surface area (TPSA) is 12.9 Å². The maximum Gasteiger partial charge on any atom is 0.149 e. The monoisotopic (exact) mass is 209 g/mol.